The zero-order chi connectivity index (χ0) is 21.4. The van der Waals surface area contributed by atoms with E-state index in [1.165, 1.54) is 0 Å². The highest BCUT2D eigenvalue weighted by Gasteiger charge is 2.17. The topological polar surface area (TPSA) is 64.6 Å². The molecule has 0 aromatic heterocycles. The summed E-state index contributed by atoms with van der Waals surface area (Å²) in [5.74, 6) is 0.217. The van der Waals surface area contributed by atoms with E-state index in [1.54, 1.807) is 31.2 Å². The summed E-state index contributed by atoms with van der Waals surface area (Å²) in [6.07, 6.45) is 0.985. The first-order chi connectivity index (χ1) is 13.8. The minimum absolute atomic E-state index is 0.170. The van der Waals surface area contributed by atoms with Crippen molar-refractivity contribution in [1.82, 2.24) is 0 Å². The molecule has 0 heterocycles. The highest BCUT2D eigenvalue weighted by Crippen LogP contribution is 2.24. The number of hydrogen-bond acceptors (Lipinski definition) is 4. The Morgan fingerprint density at radius 3 is 2.03 bits per heavy atom. The molecule has 0 saturated heterocycles. The third kappa shape index (κ3) is 6.34. The van der Waals surface area contributed by atoms with Gasteiger partial charge in [-0.1, -0.05) is 45.9 Å². The molecule has 29 heavy (non-hydrogen) atoms. The van der Waals surface area contributed by atoms with E-state index in [0.29, 0.717) is 17.9 Å². The Balaban J connectivity index is 2.03. The number of para-hydroxylation sites is 1. The molecule has 2 aromatic rings. The van der Waals surface area contributed by atoms with Gasteiger partial charge in [-0.05, 0) is 61.1 Å². The van der Waals surface area contributed by atoms with E-state index in [0.717, 1.165) is 29.7 Å². The second-order valence-electron chi connectivity index (χ2n) is 7.42. The molecule has 2 rings (SSSR count). The summed E-state index contributed by atoms with van der Waals surface area (Å²) < 4.78 is 10.8. The molecular weight excluding hydrogens is 366 g/mol. The van der Waals surface area contributed by atoms with Crippen LogP contribution in [0.5, 0.6) is 5.75 Å². The lowest BCUT2D eigenvalue weighted by Crippen LogP contribution is -2.27. The maximum atomic E-state index is 12.7. The maximum absolute atomic E-state index is 12.7. The normalized spacial score (nSPS) is 11.8. The Bertz CT molecular complexity index is 805. The van der Waals surface area contributed by atoms with E-state index in [2.05, 4.69) is 19.2 Å². The van der Waals surface area contributed by atoms with Crippen LogP contribution in [-0.2, 0) is 22.4 Å². The largest absolute Gasteiger partial charge is 0.479 e. The average Bonchev–Trinajstić information content (AvgIpc) is 2.72. The quantitative estimate of drug-likeness (QED) is 0.603. The van der Waals surface area contributed by atoms with E-state index in [1.807, 2.05) is 32.0 Å². The minimum atomic E-state index is -0.711. The van der Waals surface area contributed by atoms with E-state index >= 15 is 0 Å². The molecule has 1 N–H and O–H groups in total. The highest BCUT2D eigenvalue weighted by molar-refractivity contribution is 6.05. The smallest absolute Gasteiger partial charge is 0.347 e. The lowest BCUT2D eigenvalue weighted by Gasteiger charge is -2.16. The van der Waals surface area contributed by atoms with Gasteiger partial charge in [0.25, 0.3) is 5.91 Å². The first kappa shape index (κ1) is 22.5. The molecular formula is C24H31NO4. The Hall–Kier alpha value is -2.82. The number of hydrogen-bond donors (Lipinski definition) is 1. The first-order valence-corrected chi connectivity index (χ1v) is 10.2. The van der Waals surface area contributed by atoms with Crippen molar-refractivity contribution in [2.45, 2.75) is 53.6 Å². The van der Waals surface area contributed by atoms with Crippen LogP contribution in [0.4, 0.5) is 5.69 Å². The molecule has 2 aromatic carbocycles. The third-order valence-electron chi connectivity index (χ3n) is 4.56. The molecule has 0 saturated carbocycles. The van der Waals surface area contributed by atoms with Gasteiger partial charge in [-0.3, -0.25) is 4.79 Å². The summed E-state index contributed by atoms with van der Waals surface area (Å²) in [5.41, 5.74) is 3.66. The van der Waals surface area contributed by atoms with Gasteiger partial charge in [0.15, 0.2) is 6.10 Å². The molecule has 0 aliphatic heterocycles. The van der Waals surface area contributed by atoms with Gasteiger partial charge in [0, 0.05) is 11.3 Å². The lowest BCUT2D eigenvalue weighted by atomic mass is 10.0. The maximum Gasteiger partial charge on any atom is 0.347 e. The fraction of sp³-hybridized carbons (Fsp3) is 0.417. The van der Waals surface area contributed by atoms with Crippen molar-refractivity contribution in [2.75, 3.05) is 11.9 Å². The molecule has 156 valence electrons. The predicted molar refractivity (Wildman–Crippen MR) is 115 cm³/mol. The number of anilines is 1. The Morgan fingerprint density at radius 1 is 0.931 bits per heavy atom. The first-order valence-electron chi connectivity index (χ1n) is 10.2. The summed E-state index contributed by atoms with van der Waals surface area (Å²) in [6, 6.07) is 12.8. The van der Waals surface area contributed by atoms with Crippen molar-refractivity contribution in [2.24, 2.45) is 5.92 Å². The lowest BCUT2D eigenvalue weighted by molar-refractivity contribution is -0.152. The van der Waals surface area contributed by atoms with E-state index in [9.17, 15) is 9.59 Å². The number of ether oxygens (including phenoxy) is 2. The third-order valence-corrected chi connectivity index (χ3v) is 4.56. The molecule has 0 aliphatic rings. The fourth-order valence-corrected chi connectivity index (χ4v) is 2.89. The number of rotatable bonds is 9. The number of nitrogens with one attached hydrogen (secondary N) is 1. The standard InChI is InChI=1S/C24H31NO4/c1-6-18-9-8-10-19(7-2)22(18)25-23(26)20-11-13-21(14-12-20)29-17(5)24(27)28-15-16(3)4/h8-14,16-17H,6-7,15H2,1-5H3,(H,25,26). The van der Waals surface area contributed by atoms with E-state index in [-0.39, 0.29) is 11.8 Å². The Kier molecular flexibility index (Phi) is 8.25. The van der Waals surface area contributed by atoms with Gasteiger partial charge in [-0.2, -0.15) is 0 Å². The average molecular weight is 398 g/mol. The molecule has 0 radical (unpaired) electrons. The summed E-state index contributed by atoms with van der Waals surface area (Å²) in [4.78, 5) is 24.7. The number of carbonyl (C=O) groups is 2. The molecule has 1 atom stereocenters. The van der Waals surface area contributed by atoms with Crippen LogP contribution < -0.4 is 10.1 Å². The van der Waals surface area contributed by atoms with Crippen LogP contribution in [0.15, 0.2) is 42.5 Å². The number of amides is 1. The molecule has 5 nitrogen and oxygen atoms in total. The number of esters is 1. The van der Waals surface area contributed by atoms with E-state index < -0.39 is 12.1 Å². The van der Waals surface area contributed by atoms with Crippen LogP contribution in [0.2, 0.25) is 0 Å². The number of aryl methyl sites for hydroxylation is 2. The van der Waals surface area contributed by atoms with Gasteiger partial charge in [0.2, 0.25) is 0 Å². The van der Waals surface area contributed by atoms with Crippen LogP contribution in [-0.4, -0.2) is 24.6 Å². The van der Waals surface area contributed by atoms with Gasteiger partial charge < -0.3 is 14.8 Å². The summed E-state index contributed by atoms with van der Waals surface area (Å²) in [5, 5.41) is 3.05. The monoisotopic (exact) mass is 397 g/mol. The summed E-state index contributed by atoms with van der Waals surface area (Å²) in [7, 11) is 0. The predicted octanol–water partition coefficient (Wildman–Crippen LogP) is 5.03. The molecule has 1 amide bonds. The van der Waals surface area contributed by atoms with Crippen molar-refractivity contribution in [3.8, 4) is 5.75 Å². The van der Waals surface area contributed by atoms with Gasteiger partial charge in [0.05, 0.1) is 6.61 Å². The van der Waals surface area contributed by atoms with Crippen molar-refractivity contribution in [3.05, 3.63) is 59.2 Å². The van der Waals surface area contributed by atoms with Gasteiger partial charge in [-0.25, -0.2) is 4.79 Å². The summed E-state index contributed by atoms with van der Waals surface area (Å²) >= 11 is 0. The minimum Gasteiger partial charge on any atom is -0.479 e. The van der Waals surface area contributed by atoms with Crippen molar-refractivity contribution in [3.63, 3.8) is 0 Å². The van der Waals surface area contributed by atoms with Gasteiger partial charge in [0.1, 0.15) is 5.75 Å². The summed E-state index contributed by atoms with van der Waals surface area (Å²) in [6.45, 7) is 10.1. The second-order valence-corrected chi connectivity index (χ2v) is 7.42. The van der Waals surface area contributed by atoms with Crippen LogP contribution in [0.25, 0.3) is 0 Å². The van der Waals surface area contributed by atoms with Crippen LogP contribution in [0, 0.1) is 5.92 Å². The number of benzene rings is 2. The van der Waals surface area contributed by atoms with Crippen molar-refractivity contribution >= 4 is 17.6 Å². The Morgan fingerprint density at radius 2 is 1.52 bits per heavy atom. The van der Waals surface area contributed by atoms with Crippen LogP contribution in [0.1, 0.15) is 56.1 Å². The zero-order valence-corrected chi connectivity index (χ0v) is 18.0. The second kappa shape index (κ2) is 10.6. The van der Waals surface area contributed by atoms with Crippen LogP contribution >= 0.6 is 0 Å². The van der Waals surface area contributed by atoms with E-state index in [4.69, 9.17) is 9.47 Å². The number of carbonyl (C=O) groups excluding carboxylic acids is 2. The molecule has 0 bridgehead atoms. The van der Waals surface area contributed by atoms with Crippen molar-refractivity contribution in [1.29, 1.82) is 0 Å². The SMILES string of the molecule is CCc1cccc(CC)c1NC(=O)c1ccc(OC(C)C(=O)OCC(C)C)cc1. The molecule has 0 spiro atoms. The van der Waals surface area contributed by atoms with Gasteiger partial charge in [-0.15, -0.1) is 0 Å². The highest BCUT2D eigenvalue weighted by atomic mass is 16.6. The zero-order valence-electron chi connectivity index (χ0n) is 18.0. The van der Waals surface area contributed by atoms with Crippen LogP contribution in [0.3, 0.4) is 0 Å². The molecule has 0 aliphatic carbocycles. The molecule has 0 fully saturated rings. The molecule has 5 heteroatoms. The Labute approximate surface area is 173 Å². The van der Waals surface area contributed by atoms with Gasteiger partial charge >= 0.3 is 5.97 Å². The fourth-order valence-electron chi connectivity index (χ4n) is 2.89. The van der Waals surface area contributed by atoms with Crippen molar-refractivity contribution < 1.29 is 19.1 Å². The molecule has 1 unspecified atom stereocenters.